The minimum atomic E-state index is -1.64. The molecule has 1 aliphatic rings. The van der Waals surface area contributed by atoms with Gasteiger partial charge in [0.05, 0.1) is 23.8 Å². The van der Waals surface area contributed by atoms with Gasteiger partial charge in [0, 0.05) is 17.6 Å². The van der Waals surface area contributed by atoms with E-state index in [0.717, 1.165) is 42.8 Å². The van der Waals surface area contributed by atoms with E-state index < -0.39 is 7.12 Å². The van der Waals surface area contributed by atoms with E-state index in [0.29, 0.717) is 29.0 Å². The number of para-hydroxylation sites is 1. The third-order valence-electron chi connectivity index (χ3n) is 5.82. The maximum Gasteiger partial charge on any atom is 0.490 e. The summed E-state index contributed by atoms with van der Waals surface area (Å²) in [4.78, 5) is 14.2. The van der Waals surface area contributed by atoms with Crippen LogP contribution >= 0.6 is 0 Å². The number of nitrogens with one attached hydrogen (secondary N) is 1. The summed E-state index contributed by atoms with van der Waals surface area (Å²) in [5.74, 6) is 1.26. The van der Waals surface area contributed by atoms with Crippen LogP contribution in [0.4, 0.5) is 5.82 Å². The highest BCUT2D eigenvalue weighted by Crippen LogP contribution is 2.30. The largest absolute Gasteiger partial charge is 0.490 e. The molecule has 9 heteroatoms. The van der Waals surface area contributed by atoms with Crippen molar-refractivity contribution in [2.75, 3.05) is 12.4 Å². The van der Waals surface area contributed by atoms with Crippen molar-refractivity contribution in [3.8, 4) is 12.0 Å². The van der Waals surface area contributed by atoms with Crippen LogP contribution < -0.4 is 15.5 Å². The molecule has 5 rings (SSSR count). The molecule has 8 nitrogen and oxygen atoms in total. The zero-order valence-corrected chi connectivity index (χ0v) is 17.8. The molecule has 0 fully saturated rings. The van der Waals surface area contributed by atoms with E-state index in [9.17, 15) is 10.0 Å². The standard InChI is InChI=1S/C23H24BN5O3/c1-32-23-27-20-17(24(30)31)11-7-13-19(20)29(23)22-26-18-12-6-5-10-16(18)21(28-22)25-14-15-8-3-2-4-9-15/h2-4,7-9,11,13,30-31H,5-6,10,12,14H2,1H3,(H,25,26,28). The zero-order valence-electron chi connectivity index (χ0n) is 17.8. The first kappa shape index (κ1) is 20.5. The summed E-state index contributed by atoms with van der Waals surface area (Å²) in [7, 11) is -0.112. The van der Waals surface area contributed by atoms with Gasteiger partial charge in [-0.25, -0.2) is 9.55 Å². The first-order chi connectivity index (χ1) is 15.7. The molecule has 1 aliphatic carbocycles. The van der Waals surface area contributed by atoms with Crippen LogP contribution in [0.3, 0.4) is 0 Å². The van der Waals surface area contributed by atoms with Crippen LogP contribution in [0.15, 0.2) is 48.5 Å². The van der Waals surface area contributed by atoms with Crippen molar-refractivity contribution in [2.24, 2.45) is 0 Å². The van der Waals surface area contributed by atoms with Crippen LogP contribution in [0.2, 0.25) is 0 Å². The predicted molar refractivity (Wildman–Crippen MR) is 123 cm³/mol. The second-order valence-corrected chi connectivity index (χ2v) is 7.87. The van der Waals surface area contributed by atoms with Gasteiger partial charge in [0.25, 0.3) is 0 Å². The van der Waals surface area contributed by atoms with Gasteiger partial charge in [-0.2, -0.15) is 9.97 Å². The molecule has 2 aromatic carbocycles. The molecule has 0 atom stereocenters. The molecule has 32 heavy (non-hydrogen) atoms. The zero-order chi connectivity index (χ0) is 22.1. The highest BCUT2D eigenvalue weighted by atomic mass is 16.5. The molecule has 0 unspecified atom stereocenters. The maximum atomic E-state index is 9.77. The maximum absolute atomic E-state index is 9.77. The normalized spacial score (nSPS) is 13.1. The lowest BCUT2D eigenvalue weighted by atomic mass is 9.79. The molecule has 0 spiro atoms. The van der Waals surface area contributed by atoms with Crippen LogP contribution in [-0.2, 0) is 19.4 Å². The van der Waals surface area contributed by atoms with Gasteiger partial charge in [-0.1, -0.05) is 42.5 Å². The Labute approximate surface area is 186 Å². The van der Waals surface area contributed by atoms with Gasteiger partial charge in [-0.3, -0.25) is 0 Å². The molecule has 2 aromatic heterocycles. The summed E-state index contributed by atoms with van der Waals surface area (Å²) >= 11 is 0. The van der Waals surface area contributed by atoms with Crippen molar-refractivity contribution >= 4 is 29.4 Å². The summed E-state index contributed by atoms with van der Waals surface area (Å²) in [6.07, 6.45) is 4.03. The number of benzene rings is 2. The summed E-state index contributed by atoms with van der Waals surface area (Å²) < 4.78 is 7.25. The van der Waals surface area contributed by atoms with E-state index in [1.165, 1.54) is 12.7 Å². The van der Waals surface area contributed by atoms with E-state index in [1.54, 1.807) is 16.7 Å². The van der Waals surface area contributed by atoms with Gasteiger partial charge in [-0.05, 0) is 37.3 Å². The monoisotopic (exact) mass is 429 g/mol. The van der Waals surface area contributed by atoms with Crippen LogP contribution in [0, 0.1) is 0 Å². The molecule has 0 saturated carbocycles. The van der Waals surface area contributed by atoms with Gasteiger partial charge in [0.2, 0.25) is 5.95 Å². The van der Waals surface area contributed by atoms with E-state index in [-0.39, 0.29) is 6.01 Å². The topological polar surface area (TPSA) is 105 Å². The van der Waals surface area contributed by atoms with Crippen molar-refractivity contribution < 1.29 is 14.8 Å². The molecule has 0 saturated heterocycles. The molecule has 162 valence electrons. The van der Waals surface area contributed by atoms with E-state index >= 15 is 0 Å². The summed E-state index contributed by atoms with van der Waals surface area (Å²) in [6, 6.07) is 15.7. The summed E-state index contributed by atoms with van der Waals surface area (Å²) in [6.45, 7) is 0.659. The quantitative estimate of drug-likeness (QED) is 0.403. The molecule has 3 N–H and O–H groups in total. The van der Waals surface area contributed by atoms with Crippen molar-refractivity contribution in [1.82, 2.24) is 19.5 Å². The number of aromatic nitrogens is 4. The summed E-state index contributed by atoms with van der Waals surface area (Å²) in [5.41, 5.74) is 4.76. The third kappa shape index (κ3) is 3.70. The third-order valence-corrected chi connectivity index (χ3v) is 5.82. The minimum Gasteiger partial charge on any atom is -0.468 e. The second kappa shape index (κ2) is 8.60. The van der Waals surface area contributed by atoms with E-state index in [1.807, 2.05) is 24.3 Å². The van der Waals surface area contributed by atoms with Crippen molar-refractivity contribution in [3.63, 3.8) is 0 Å². The molecule has 0 bridgehead atoms. The highest BCUT2D eigenvalue weighted by Gasteiger charge is 2.25. The van der Waals surface area contributed by atoms with Gasteiger partial charge in [0.1, 0.15) is 5.82 Å². The van der Waals surface area contributed by atoms with Crippen molar-refractivity contribution in [3.05, 3.63) is 65.4 Å². The molecule has 2 heterocycles. The van der Waals surface area contributed by atoms with Gasteiger partial charge in [0.15, 0.2) is 0 Å². The average Bonchev–Trinajstić information content (AvgIpc) is 3.21. The Kier molecular flexibility index (Phi) is 5.51. The van der Waals surface area contributed by atoms with Crippen LogP contribution in [0.5, 0.6) is 6.01 Å². The Hall–Kier alpha value is -3.43. The Morgan fingerprint density at radius 2 is 1.81 bits per heavy atom. The molecule has 4 aromatic rings. The van der Waals surface area contributed by atoms with Crippen molar-refractivity contribution in [1.29, 1.82) is 0 Å². The number of hydrogen-bond acceptors (Lipinski definition) is 7. The predicted octanol–water partition coefficient (Wildman–Crippen LogP) is 1.99. The number of ether oxygens (including phenoxy) is 1. The fraction of sp³-hybridized carbons (Fsp3) is 0.261. The fourth-order valence-electron chi connectivity index (χ4n) is 4.25. The van der Waals surface area contributed by atoms with Crippen LogP contribution in [0.1, 0.15) is 29.7 Å². The number of imidazole rings is 1. The smallest absolute Gasteiger partial charge is 0.468 e. The first-order valence-corrected chi connectivity index (χ1v) is 10.7. The number of nitrogens with zero attached hydrogens (tertiary/aromatic N) is 4. The van der Waals surface area contributed by atoms with Crippen LogP contribution in [-0.4, -0.2) is 43.8 Å². The summed E-state index contributed by atoms with van der Waals surface area (Å²) in [5, 5.41) is 23.0. The molecular formula is C23H24BN5O3. The Morgan fingerprint density at radius 3 is 2.59 bits per heavy atom. The lowest BCUT2D eigenvalue weighted by Crippen LogP contribution is -2.30. The highest BCUT2D eigenvalue weighted by molar-refractivity contribution is 6.61. The number of anilines is 1. The van der Waals surface area contributed by atoms with Gasteiger partial charge < -0.3 is 20.1 Å². The average molecular weight is 429 g/mol. The molecule has 0 aliphatic heterocycles. The van der Waals surface area contributed by atoms with Gasteiger partial charge >= 0.3 is 13.1 Å². The fourth-order valence-corrected chi connectivity index (χ4v) is 4.25. The lowest BCUT2D eigenvalue weighted by Gasteiger charge is -2.20. The number of fused-ring (bicyclic) bond motifs is 2. The lowest BCUT2D eigenvalue weighted by molar-refractivity contribution is 0.374. The van der Waals surface area contributed by atoms with E-state index in [2.05, 4.69) is 22.4 Å². The van der Waals surface area contributed by atoms with E-state index in [4.69, 9.17) is 14.7 Å². The van der Waals surface area contributed by atoms with Gasteiger partial charge in [-0.15, -0.1) is 0 Å². The Morgan fingerprint density at radius 1 is 1.00 bits per heavy atom. The second-order valence-electron chi connectivity index (χ2n) is 7.87. The number of methoxy groups -OCH3 is 1. The van der Waals surface area contributed by atoms with Crippen LogP contribution in [0.25, 0.3) is 17.0 Å². The Bertz CT molecular complexity index is 1260. The molecule has 0 amide bonds. The number of aryl methyl sites for hydroxylation is 1. The first-order valence-electron chi connectivity index (χ1n) is 10.7. The number of rotatable bonds is 6. The molecular weight excluding hydrogens is 405 g/mol. The Balaban J connectivity index is 1.64. The minimum absolute atomic E-state index is 0.290. The van der Waals surface area contributed by atoms with Crippen molar-refractivity contribution in [2.45, 2.75) is 32.2 Å². The molecule has 0 radical (unpaired) electrons. The number of hydrogen-bond donors (Lipinski definition) is 3. The SMILES string of the molecule is COc1nc2c(B(O)O)cccc2n1-c1nc2c(c(NCc3ccccc3)n1)CCCC2.